The van der Waals surface area contributed by atoms with Crippen LogP contribution in [-0.2, 0) is 19.6 Å². The van der Waals surface area contributed by atoms with E-state index in [0.717, 1.165) is 11.8 Å². The highest BCUT2D eigenvalue weighted by atomic mass is 35.5. The average Bonchev–Trinajstić information content (AvgIpc) is 3.29. The topological polar surface area (TPSA) is 229 Å². The van der Waals surface area contributed by atoms with Crippen LogP contribution in [0.3, 0.4) is 0 Å². The van der Waals surface area contributed by atoms with Gasteiger partial charge in [0.25, 0.3) is 5.69 Å². The summed E-state index contributed by atoms with van der Waals surface area (Å²) in [5.41, 5.74) is 6.66. The fourth-order valence-electron chi connectivity index (χ4n) is 3.40. The Kier molecular flexibility index (Phi) is 7.28. The van der Waals surface area contributed by atoms with Gasteiger partial charge in [0.2, 0.25) is 0 Å². The van der Waals surface area contributed by atoms with E-state index in [4.69, 9.17) is 31.9 Å². The summed E-state index contributed by atoms with van der Waals surface area (Å²) >= 11 is 7.30. The summed E-state index contributed by atoms with van der Waals surface area (Å²) in [6.45, 7) is -0.691. The highest BCUT2D eigenvalue weighted by Gasteiger charge is 2.46. The van der Waals surface area contributed by atoms with E-state index in [1.54, 1.807) is 0 Å². The first-order valence-corrected chi connectivity index (χ1v) is 12.6. The van der Waals surface area contributed by atoms with Crippen molar-refractivity contribution in [1.29, 1.82) is 0 Å². The Hall–Kier alpha value is -2.40. The zero-order chi connectivity index (χ0) is 25.5. The molecule has 18 heteroatoms. The lowest BCUT2D eigenvalue weighted by molar-refractivity contribution is -0.384. The SMILES string of the molecule is Nc1ncnc2c1nc(SCc1ccc([N+](=O)[O-])cc1Cl)n2C1O[C@H](COP(=O)(O)O)[C@@H](O)[C@H]1O. The van der Waals surface area contributed by atoms with E-state index >= 15 is 0 Å². The smallest absolute Gasteiger partial charge is 0.387 e. The van der Waals surface area contributed by atoms with Gasteiger partial charge in [0.1, 0.15) is 24.6 Å². The molecule has 3 aromatic rings. The molecule has 1 unspecified atom stereocenters. The third-order valence-electron chi connectivity index (χ3n) is 5.08. The number of nitro groups is 1. The van der Waals surface area contributed by atoms with Crippen molar-refractivity contribution in [2.75, 3.05) is 12.3 Å². The van der Waals surface area contributed by atoms with Crippen molar-refractivity contribution in [2.24, 2.45) is 0 Å². The van der Waals surface area contributed by atoms with E-state index in [1.165, 1.54) is 29.1 Å². The number of aliphatic hydroxyl groups is 2. The number of rotatable bonds is 8. The lowest BCUT2D eigenvalue weighted by Crippen LogP contribution is -2.33. The molecule has 0 saturated carbocycles. The molecule has 1 saturated heterocycles. The summed E-state index contributed by atoms with van der Waals surface area (Å²) in [6.07, 6.45) is -4.48. The molecule has 0 radical (unpaired) electrons. The Balaban J connectivity index is 1.66. The molecule has 0 bridgehead atoms. The molecule has 15 nitrogen and oxygen atoms in total. The van der Waals surface area contributed by atoms with Crippen LogP contribution < -0.4 is 5.73 Å². The lowest BCUT2D eigenvalue weighted by atomic mass is 10.1. The summed E-state index contributed by atoms with van der Waals surface area (Å²) in [5, 5.41) is 32.4. The second-order valence-electron chi connectivity index (χ2n) is 7.35. The quantitative estimate of drug-likeness (QED) is 0.114. The summed E-state index contributed by atoms with van der Waals surface area (Å²) in [6, 6.07) is 4.02. The number of imidazole rings is 1. The number of nitrogen functional groups attached to an aromatic ring is 1. The summed E-state index contributed by atoms with van der Waals surface area (Å²) in [4.78, 5) is 40.7. The Labute approximate surface area is 205 Å². The predicted octanol–water partition coefficient (Wildman–Crippen LogP) is 0.991. The van der Waals surface area contributed by atoms with Crippen molar-refractivity contribution >= 4 is 53.9 Å². The molecule has 1 aliphatic heterocycles. The van der Waals surface area contributed by atoms with Crippen molar-refractivity contribution in [2.45, 2.75) is 35.4 Å². The van der Waals surface area contributed by atoms with Gasteiger partial charge in [-0.2, -0.15) is 0 Å². The number of phosphoric acid groups is 1. The first-order valence-electron chi connectivity index (χ1n) is 9.72. The number of aliphatic hydroxyl groups excluding tert-OH is 2. The van der Waals surface area contributed by atoms with Gasteiger partial charge in [-0.3, -0.25) is 19.2 Å². The monoisotopic (exact) mass is 548 g/mol. The average molecular weight is 549 g/mol. The van der Waals surface area contributed by atoms with E-state index < -0.39 is 43.9 Å². The number of nitrogens with two attached hydrogens (primary N) is 1. The highest BCUT2D eigenvalue weighted by Crippen LogP contribution is 2.41. The number of phosphoric ester groups is 1. The molecular formula is C17H18ClN6O9PS. The normalized spacial score (nSPS) is 22.7. The number of fused-ring (bicyclic) bond motifs is 1. The number of non-ortho nitro benzene ring substituents is 1. The second-order valence-corrected chi connectivity index (χ2v) is 9.94. The van der Waals surface area contributed by atoms with Gasteiger partial charge in [0, 0.05) is 17.9 Å². The van der Waals surface area contributed by atoms with Crippen LogP contribution in [0, 0.1) is 10.1 Å². The molecule has 35 heavy (non-hydrogen) atoms. The molecule has 1 fully saturated rings. The molecule has 188 valence electrons. The Morgan fingerprint density at radius 2 is 2.06 bits per heavy atom. The summed E-state index contributed by atoms with van der Waals surface area (Å²) in [5.74, 6) is 0.238. The van der Waals surface area contributed by atoms with Crippen LogP contribution in [-0.4, -0.2) is 69.4 Å². The standard InChI is InChI=1S/C17H18ClN6O9PS/c18-9-3-8(24(27)28)2-1-7(9)5-35-17-22-11-14(19)20-6-21-15(11)23(17)16-13(26)12(25)10(33-16)4-32-34(29,30)31/h1-3,6,10,12-13,16,25-26H,4-5H2,(H2,19,20,21)(H2,29,30,31)/t10-,12-,13-,16?/m1/s1. The number of nitro benzene ring substituents is 1. The summed E-state index contributed by atoms with van der Waals surface area (Å²) in [7, 11) is -4.85. The number of halogens is 1. The first-order chi connectivity index (χ1) is 16.5. The van der Waals surface area contributed by atoms with Crippen molar-refractivity contribution in [3.8, 4) is 0 Å². The molecule has 3 heterocycles. The Morgan fingerprint density at radius 3 is 2.71 bits per heavy atom. The van der Waals surface area contributed by atoms with Crippen LogP contribution in [0.15, 0.2) is 29.7 Å². The number of benzene rings is 1. The molecule has 4 rings (SSSR count). The second kappa shape index (κ2) is 9.93. The highest BCUT2D eigenvalue weighted by molar-refractivity contribution is 7.98. The fraction of sp³-hybridized carbons (Fsp3) is 0.353. The number of anilines is 1. The van der Waals surface area contributed by atoms with Crippen molar-refractivity contribution in [1.82, 2.24) is 19.5 Å². The van der Waals surface area contributed by atoms with Crippen molar-refractivity contribution in [3.05, 3.63) is 45.2 Å². The maximum absolute atomic E-state index is 11.0. The fourth-order valence-corrected chi connectivity index (χ4v) is 5.08. The maximum Gasteiger partial charge on any atom is 0.469 e. The van der Waals surface area contributed by atoms with Crippen LogP contribution in [0.4, 0.5) is 11.5 Å². The van der Waals surface area contributed by atoms with Crippen molar-refractivity contribution < 1.29 is 38.7 Å². The molecule has 0 spiro atoms. The number of aromatic nitrogens is 4. The minimum Gasteiger partial charge on any atom is -0.387 e. The molecule has 2 aromatic heterocycles. The van der Waals surface area contributed by atoms with E-state index in [2.05, 4.69) is 19.5 Å². The van der Waals surface area contributed by atoms with Gasteiger partial charge in [-0.1, -0.05) is 23.4 Å². The van der Waals surface area contributed by atoms with Gasteiger partial charge in [0.15, 0.2) is 28.4 Å². The Morgan fingerprint density at radius 1 is 1.31 bits per heavy atom. The number of hydrogen-bond donors (Lipinski definition) is 5. The van der Waals surface area contributed by atoms with Gasteiger partial charge >= 0.3 is 7.82 Å². The van der Waals surface area contributed by atoms with Crippen molar-refractivity contribution in [3.63, 3.8) is 0 Å². The van der Waals surface area contributed by atoms with E-state index in [9.17, 15) is 24.9 Å². The van der Waals surface area contributed by atoms with Gasteiger partial charge < -0.3 is 30.5 Å². The zero-order valence-electron chi connectivity index (χ0n) is 17.4. The number of ether oxygens (including phenoxy) is 1. The van der Waals surface area contributed by atoms with Gasteiger partial charge in [-0.05, 0) is 11.6 Å². The molecule has 6 N–H and O–H groups in total. The lowest BCUT2D eigenvalue weighted by Gasteiger charge is -2.19. The molecule has 0 amide bonds. The zero-order valence-corrected chi connectivity index (χ0v) is 19.9. The maximum atomic E-state index is 11.0. The molecule has 1 aliphatic rings. The molecule has 1 aromatic carbocycles. The van der Waals surface area contributed by atoms with E-state index in [0.29, 0.717) is 5.56 Å². The molecule has 4 atom stereocenters. The number of thioether (sulfide) groups is 1. The van der Waals surface area contributed by atoms with Gasteiger partial charge in [0.05, 0.1) is 16.6 Å². The van der Waals surface area contributed by atoms with E-state index in [-0.39, 0.29) is 38.6 Å². The first kappa shape index (κ1) is 25.7. The van der Waals surface area contributed by atoms with E-state index in [1.807, 2.05) is 0 Å². The summed E-state index contributed by atoms with van der Waals surface area (Å²) < 4.78 is 22.5. The third-order valence-corrected chi connectivity index (χ3v) is 6.91. The predicted molar refractivity (Wildman–Crippen MR) is 121 cm³/mol. The number of hydrogen-bond acceptors (Lipinski definition) is 12. The minimum atomic E-state index is -4.85. The largest absolute Gasteiger partial charge is 0.469 e. The minimum absolute atomic E-state index is 0.0402. The van der Waals surface area contributed by atoms with Crippen LogP contribution >= 0.6 is 31.2 Å². The van der Waals surface area contributed by atoms with Gasteiger partial charge in [-0.25, -0.2) is 19.5 Å². The van der Waals surface area contributed by atoms with Crippen LogP contribution in [0.1, 0.15) is 11.8 Å². The Bertz CT molecular complexity index is 1320. The molecular weight excluding hydrogens is 531 g/mol. The van der Waals surface area contributed by atoms with Crippen LogP contribution in [0.5, 0.6) is 0 Å². The van der Waals surface area contributed by atoms with Gasteiger partial charge in [-0.15, -0.1) is 0 Å². The third kappa shape index (κ3) is 5.40. The van der Waals surface area contributed by atoms with Crippen LogP contribution in [0.2, 0.25) is 5.02 Å². The molecule has 0 aliphatic carbocycles. The number of nitrogens with zero attached hydrogens (tertiary/aromatic N) is 5. The van der Waals surface area contributed by atoms with Crippen LogP contribution in [0.25, 0.3) is 11.2 Å².